The number of quaternary nitrogens is 1. The highest BCUT2D eigenvalue weighted by Crippen LogP contribution is 2.48. The molecule has 24 heavy (non-hydrogen) atoms. The first-order valence-corrected chi connectivity index (χ1v) is 8.21. The van der Waals surface area contributed by atoms with Gasteiger partial charge in [0.2, 0.25) is 0 Å². The highest BCUT2D eigenvalue weighted by Gasteiger charge is 2.66. The Morgan fingerprint density at radius 1 is 1.00 bits per heavy atom. The van der Waals surface area contributed by atoms with Gasteiger partial charge in [0.1, 0.15) is 29.8 Å². The summed E-state index contributed by atoms with van der Waals surface area (Å²) in [4.78, 5) is 3.68. The Morgan fingerprint density at radius 2 is 1.50 bits per heavy atom. The van der Waals surface area contributed by atoms with E-state index >= 15 is 0 Å². The van der Waals surface area contributed by atoms with E-state index in [1.54, 1.807) is 7.11 Å². The molecule has 3 heterocycles. The van der Waals surface area contributed by atoms with Crippen molar-refractivity contribution in [2.24, 2.45) is 0 Å². The molecule has 1 N–H and O–H groups in total. The summed E-state index contributed by atoms with van der Waals surface area (Å²) in [6.07, 6.45) is -0.0230. The van der Waals surface area contributed by atoms with Gasteiger partial charge in [0.05, 0.1) is 13.6 Å². The molecule has 4 unspecified atom stereocenters. The molecule has 3 aliphatic heterocycles. The number of nitrogens with zero attached hydrogens (tertiary/aromatic N) is 1. The Morgan fingerprint density at radius 3 is 1.92 bits per heavy atom. The van der Waals surface area contributed by atoms with Gasteiger partial charge in [-0.05, 0) is 35.4 Å². The number of likely N-dealkylation sites (N-methyl/N-ethyl adjacent to an activating group) is 1. The fourth-order valence-electron chi connectivity index (χ4n) is 4.46. The number of fused-ring (bicyclic) bond motifs is 2. The van der Waals surface area contributed by atoms with Crippen molar-refractivity contribution in [2.75, 3.05) is 27.2 Å². The summed E-state index contributed by atoms with van der Waals surface area (Å²) in [6.45, 7) is 1.80. The van der Waals surface area contributed by atoms with Crippen molar-refractivity contribution in [3.8, 4) is 0 Å². The van der Waals surface area contributed by atoms with Crippen molar-refractivity contribution in [1.82, 2.24) is 4.90 Å². The Bertz CT molecular complexity index is 687. The van der Waals surface area contributed by atoms with Gasteiger partial charge in [-0.1, -0.05) is 24.3 Å². The Labute approximate surface area is 140 Å². The lowest BCUT2D eigenvalue weighted by atomic mass is 9.66. The largest absolute Gasteiger partial charge is 0.360 e. The van der Waals surface area contributed by atoms with Crippen LogP contribution in [0.15, 0.2) is 48.5 Å². The zero-order valence-corrected chi connectivity index (χ0v) is 13.8. The Hall–Kier alpha value is -1.82. The number of hydrogen-bond acceptors (Lipinski definition) is 2. The molecule has 3 saturated heterocycles. The van der Waals surface area contributed by atoms with Crippen LogP contribution in [0.25, 0.3) is 0 Å². The van der Waals surface area contributed by atoms with Gasteiger partial charge in [-0.3, -0.25) is 0 Å². The van der Waals surface area contributed by atoms with Crippen LogP contribution in [0.5, 0.6) is 0 Å². The molecule has 0 aliphatic carbocycles. The van der Waals surface area contributed by atoms with Crippen molar-refractivity contribution in [1.29, 1.82) is 0 Å². The van der Waals surface area contributed by atoms with Gasteiger partial charge < -0.3 is 9.64 Å². The SMILES string of the molecule is COC1C[NH+](C)C2CN1C2(c1ccc(F)cc1)c1ccc(F)cc1. The Balaban J connectivity index is 1.90. The molecule has 2 aromatic carbocycles. The second-order valence-electron chi connectivity index (χ2n) is 6.73. The molecule has 5 heteroatoms. The lowest BCUT2D eigenvalue weighted by Gasteiger charge is -2.64. The van der Waals surface area contributed by atoms with E-state index in [-0.39, 0.29) is 17.9 Å². The second-order valence-corrected chi connectivity index (χ2v) is 6.73. The average Bonchev–Trinajstić information content (AvgIpc) is 2.57. The third kappa shape index (κ3) is 2.05. The maximum Gasteiger partial charge on any atom is 0.161 e. The first-order valence-electron chi connectivity index (χ1n) is 8.21. The van der Waals surface area contributed by atoms with E-state index in [0.29, 0.717) is 6.04 Å². The van der Waals surface area contributed by atoms with E-state index in [4.69, 9.17) is 4.74 Å². The quantitative estimate of drug-likeness (QED) is 0.916. The van der Waals surface area contributed by atoms with Crippen molar-refractivity contribution in [3.63, 3.8) is 0 Å². The predicted molar refractivity (Wildman–Crippen MR) is 86.6 cm³/mol. The third-order valence-electron chi connectivity index (χ3n) is 5.62. The first-order chi connectivity index (χ1) is 11.6. The van der Waals surface area contributed by atoms with Crippen LogP contribution in [-0.4, -0.2) is 44.4 Å². The van der Waals surface area contributed by atoms with Gasteiger partial charge >= 0.3 is 0 Å². The molecule has 0 spiro atoms. The van der Waals surface area contributed by atoms with Crippen molar-refractivity contribution in [3.05, 3.63) is 71.3 Å². The molecule has 2 bridgehead atoms. The lowest BCUT2D eigenvalue weighted by molar-refractivity contribution is -0.941. The molecule has 4 atom stereocenters. The van der Waals surface area contributed by atoms with Crippen LogP contribution in [0, 0.1) is 11.6 Å². The fraction of sp³-hybridized carbons (Fsp3) is 0.368. The topological polar surface area (TPSA) is 16.9 Å². The van der Waals surface area contributed by atoms with Crippen LogP contribution in [0.1, 0.15) is 11.1 Å². The number of methoxy groups -OCH3 is 1. The summed E-state index contributed by atoms with van der Waals surface area (Å²) in [6, 6.07) is 13.6. The van der Waals surface area contributed by atoms with Crippen LogP contribution in [-0.2, 0) is 10.3 Å². The smallest absolute Gasteiger partial charge is 0.161 e. The van der Waals surface area contributed by atoms with Gasteiger partial charge in [-0.2, -0.15) is 0 Å². The maximum absolute atomic E-state index is 13.5. The number of benzene rings is 2. The number of ether oxygens (including phenoxy) is 1. The van der Waals surface area contributed by atoms with Gasteiger partial charge in [0.25, 0.3) is 0 Å². The van der Waals surface area contributed by atoms with Crippen molar-refractivity contribution < 1.29 is 18.4 Å². The number of piperazine rings is 2. The van der Waals surface area contributed by atoms with Crippen LogP contribution in [0.4, 0.5) is 8.78 Å². The molecule has 0 radical (unpaired) electrons. The zero-order valence-electron chi connectivity index (χ0n) is 13.8. The van der Waals surface area contributed by atoms with Gasteiger partial charge in [-0.15, -0.1) is 0 Å². The minimum atomic E-state index is -0.412. The lowest BCUT2D eigenvalue weighted by Crippen LogP contribution is -3.23. The van der Waals surface area contributed by atoms with Crippen molar-refractivity contribution in [2.45, 2.75) is 17.8 Å². The van der Waals surface area contributed by atoms with E-state index < -0.39 is 5.54 Å². The summed E-state index contributed by atoms with van der Waals surface area (Å²) in [5, 5.41) is 0. The van der Waals surface area contributed by atoms with Gasteiger partial charge in [0.15, 0.2) is 6.23 Å². The van der Waals surface area contributed by atoms with Gasteiger partial charge in [-0.25, -0.2) is 13.7 Å². The highest BCUT2D eigenvalue weighted by molar-refractivity contribution is 5.44. The second kappa shape index (κ2) is 5.62. The molecule has 5 rings (SSSR count). The molecular weight excluding hydrogens is 310 g/mol. The van der Waals surface area contributed by atoms with E-state index in [9.17, 15) is 8.78 Å². The fourth-order valence-corrected chi connectivity index (χ4v) is 4.46. The standard InChI is InChI=1S/C19H20F2N2O/c1-22-12-18(24-2)23-11-17(22)19(23,13-3-7-15(20)8-4-13)14-5-9-16(21)10-6-14/h3-10,17-18H,11-12H2,1-2H3/p+1. The number of halogens is 2. The molecule has 3 aliphatic rings. The number of nitrogens with one attached hydrogen (secondary N) is 1. The van der Waals surface area contributed by atoms with Crippen molar-refractivity contribution >= 4 is 0 Å². The summed E-state index contributed by atoms with van der Waals surface area (Å²) in [5.74, 6) is -0.507. The molecule has 0 aromatic heterocycles. The molecule has 0 amide bonds. The molecule has 3 fully saturated rings. The molecule has 3 nitrogen and oxygen atoms in total. The number of rotatable bonds is 3. The summed E-state index contributed by atoms with van der Waals surface area (Å²) in [5.41, 5.74) is 1.63. The van der Waals surface area contributed by atoms with E-state index in [2.05, 4.69) is 11.9 Å². The monoisotopic (exact) mass is 331 g/mol. The predicted octanol–water partition coefficient (Wildman–Crippen LogP) is 1.39. The van der Waals surface area contributed by atoms with E-state index in [1.807, 2.05) is 24.3 Å². The molecule has 126 valence electrons. The first kappa shape index (κ1) is 15.7. The zero-order chi connectivity index (χ0) is 16.9. The molecule has 2 aromatic rings. The summed E-state index contributed by atoms with van der Waals surface area (Å²) in [7, 11) is 3.88. The molecule has 0 saturated carbocycles. The van der Waals surface area contributed by atoms with Crippen LogP contribution in [0.3, 0.4) is 0 Å². The summed E-state index contributed by atoms with van der Waals surface area (Å²) < 4.78 is 32.7. The Kier molecular flexibility index (Phi) is 3.67. The molecular formula is C19H21F2N2O+. The average molecular weight is 331 g/mol. The minimum absolute atomic E-state index is 0.0230. The van der Waals surface area contributed by atoms with Crippen LogP contribution < -0.4 is 4.90 Å². The summed E-state index contributed by atoms with van der Waals surface area (Å²) >= 11 is 0. The highest BCUT2D eigenvalue weighted by atomic mass is 19.1. The van der Waals surface area contributed by atoms with Gasteiger partial charge in [0, 0.05) is 7.11 Å². The normalized spacial score (nSPS) is 30.7. The number of hydrogen-bond donors (Lipinski definition) is 1. The van der Waals surface area contributed by atoms with Crippen LogP contribution in [0.2, 0.25) is 0 Å². The maximum atomic E-state index is 13.5. The minimum Gasteiger partial charge on any atom is -0.360 e. The van der Waals surface area contributed by atoms with E-state index in [0.717, 1.165) is 24.2 Å². The van der Waals surface area contributed by atoms with Crippen LogP contribution >= 0.6 is 0 Å². The third-order valence-corrected chi connectivity index (χ3v) is 5.62. The van der Waals surface area contributed by atoms with E-state index in [1.165, 1.54) is 29.2 Å².